The van der Waals surface area contributed by atoms with Gasteiger partial charge in [0.15, 0.2) is 0 Å². The number of primary amides is 1. The third-order valence-corrected chi connectivity index (χ3v) is 3.74. The number of carbonyl (C=O) groups excluding carboxylic acids is 1. The van der Waals surface area contributed by atoms with Crippen LogP contribution in [-0.2, 0) is 0 Å². The Morgan fingerprint density at radius 1 is 1.33 bits per heavy atom. The van der Waals surface area contributed by atoms with Crippen molar-refractivity contribution in [1.82, 2.24) is 15.0 Å². The van der Waals surface area contributed by atoms with Crippen molar-refractivity contribution in [2.45, 2.75) is 6.92 Å². The molecule has 122 valence electrons. The molecule has 0 fully saturated rings. The summed E-state index contributed by atoms with van der Waals surface area (Å²) >= 11 is 6.01. The second-order valence-corrected chi connectivity index (χ2v) is 5.66. The van der Waals surface area contributed by atoms with Gasteiger partial charge >= 0.3 is 0 Å². The molecule has 3 aromatic rings. The number of rotatable bonds is 3. The number of nitrogens with two attached hydrogens (primary N) is 2. The summed E-state index contributed by atoms with van der Waals surface area (Å²) < 4.78 is 14.5. The summed E-state index contributed by atoms with van der Waals surface area (Å²) in [7, 11) is 0. The molecule has 3 rings (SSSR count). The summed E-state index contributed by atoms with van der Waals surface area (Å²) in [4.78, 5) is 22.6. The van der Waals surface area contributed by atoms with Gasteiger partial charge in [0.2, 0.25) is 5.95 Å². The number of benzene rings is 1. The summed E-state index contributed by atoms with van der Waals surface area (Å²) in [5.41, 5.74) is 12.8. The van der Waals surface area contributed by atoms with E-state index in [4.69, 9.17) is 23.1 Å². The van der Waals surface area contributed by atoms with Gasteiger partial charge in [-0.05, 0) is 36.8 Å². The lowest BCUT2D eigenvalue weighted by molar-refractivity contribution is 0.100. The summed E-state index contributed by atoms with van der Waals surface area (Å²) in [6, 6.07) is 6.03. The Morgan fingerprint density at radius 2 is 2.08 bits per heavy atom. The van der Waals surface area contributed by atoms with Crippen molar-refractivity contribution in [3.63, 3.8) is 0 Å². The van der Waals surface area contributed by atoms with Crippen molar-refractivity contribution in [3.8, 4) is 22.6 Å². The van der Waals surface area contributed by atoms with Gasteiger partial charge in [0.1, 0.15) is 5.82 Å². The van der Waals surface area contributed by atoms with Crippen LogP contribution >= 0.6 is 11.6 Å². The zero-order valence-corrected chi connectivity index (χ0v) is 13.4. The van der Waals surface area contributed by atoms with Gasteiger partial charge in [-0.25, -0.2) is 14.4 Å². The van der Waals surface area contributed by atoms with Gasteiger partial charge in [0.25, 0.3) is 5.91 Å². The number of aryl methyl sites for hydroxylation is 1. The van der Waals surface area contributed by atoms with Crippen LogP contribution in [-0.4, -0.2) is 20.9 Å². The van der Waals surface area contributed by atoms with E-state index in [1.54, 1.807) is 13.0 Å². The number of halogens is 2. The first kappa shape index (κ1) is 15.9. The zero-order valence-electron chi connectivity index (χ0n) is 12.6. The fraction of sp³-hybridized carbons (Fsp3) is 0.0625. The number of nitrogen functional groups attached to an aromatic ring is 1. The maximum atomic E-state index is 14.5. The molecule has 0 radical (unpaired) electrons. The molecule has 0 spiro atoms. The molecule has 8 heteroatoms. The highest BCUT2D eigenvalue weighted by Gasteiger charge is 2.20. The minimum atomic E-state index is -0.702. The van der Waals surface area contributed by atoms with Crippen molar-refractivity contribution >= 4 is 23.5 Å². The predicted molar refractivity (Wildman–Crippen MR) is 89.9 cm³/mol. The van der Waals surface area contributed by atoms with Gasteiger partial charge in [-0.1, -0.05) is 11.6 Å². The average molecular weight is 346 g/mol. The molecule has 0 aliphatic rings. The minimum absolute atomic E-state index is 0.0778. The third kappa shape index (κ3) is 2.81. The van der Waals surface area contributed by atoms with Crippen LogP contribution in [0, 0.1) is 12.7 Å². The number of anilines is 1. The molecule has 0 saturated heterocycles. The molecular formula is C16H13ClFN5O. The maximum absolute atomic E-state index is 14.5. The Labute approximate surface area is 141 Å². The number of carbonyl (C=O) groups is 1. The molecular weight excluding hydrogens is 333 g/mol. The lowest BCUT2D eigenvalue weighted by Crippen LogP contribution is -2.11. The Bertz CT molecular complexity index is 954. The van der Waals surface area contributed by atoms with E-state index in [0.717, 1.165) is 0 Å². The standard InChI is InChI=1S/C16H13ClFN5O/c1-7-4-8(17)5-9(13(7)18)14-10(15(19)24)6-12(22-14)11-2-3-21-16(20)23-11/h2-6,22H,1H3,(H2,19,24)(H2,20,21,23). The van der Waals surface area contributed by atoms with Gasteiger partial charge < -0.3 is 16.5 Å². The minimum Gasteiger partial charge on any atom is -0.368 e. The quantitative estimate of drug-likeness (QED) is 0.677. The summed E-state index contributed by atoms with van der Waals surface area (Å²) in [5.74, 6) is -1.11. The molecule has 0 saturated carbocycles. The topological polar surface area (TPSA) is 111 Å². The maximum Gasteiger partial charge on any atom is 0.250 e. The highest BCUT2D eigenvalue weighted by molar-refractivity contribution is 6.31. The van der Waals surface area contributed by atoms with Crippen LogP contribution in [0.25, 0.3) is 22.6 Å². The molecule has 2 aromatic heterocycles. The van der Waals surface area contributed by atoms with E-state index >= 15 is 0 Å². The van der Waals surface area contributed by atoms with Crippen LogP contribution in [0.5, 0.6) is 0 Å². The molecule has 0 unspecified atom stereocenters. The van der Waals surface area contributed by atoms with E-state index in [0.29, 0.717) is 22.0 Å². The van der Waals surface area contributed by atoms with E-state index in [1.807, 2.05) is 0 Å². The number of nitrogens with one attached hydrogen (secondary N) is 1. The van der Waals surface area contributed by atoms with Gasteiger partial charge in [0, 0.05) is 16.8 Å². The summed E-state index contributed by atoms with van der Waals surface area (Å²) in [5, 5.41) is 0.349. The molecule has 0 atom stereocenters. The largest absolute Gasteiger partial charge is 0.368 e. The third-order valence-electron chi connectivity index (χ3n) is 3.52. The molecule has 5 N–H and O–H groups in total. The van der Waals surface area contributed by atoms with Crippen molar-refractivity contribution in [2.75, 3.05) is 5.73 Å². The van der Waals surface area contributed by atoms with Crippen molar-refractivity contribution in [1.29, 1.82) is 0 Å². The van der Waals surface area contributed by atoms with E-state index in [1.165, 1.54) is 24.4 Å². The van der Waals surface area contributed by atoms with Crippen LogP contribution in [0.2, 0.25) is 5.02 Å². The zero-order chi connectivity index (χ0) is 17.4. The lowest BCUT2D eigenvalue weighted by Gasteiger charge is -2.07. The SMILES string of the molecule is Cc1cc(Cl)cc(-c2[nH]c(-c3ccnc(N)n3)cc2C(N)=O)c1F. The first-order chi connectivity index (χ1) is 11.4. The molecule has 2 heterocycles. The number of aromatic nitrogens is 3. The Morgan fingerprint density at radius 3 is 2.75 bits per heavy atom. The normalized spacial score (nSPS) is 10.8. The van der Waals surface area contributed by atoms with Crippen LogP contribution in [0.1, 0.15) is 15.9 Å². The number of hydrogen-bond donors (Lipinski definition) is 3. The van der Waals surface area contributed by atoms with Gasteiger partial charge in [0.05, 0.1) is 22.6 Å². The Kier molecular flexibility index (Phi) is 3.94. The summed E-state index contributed by atoms with van der Waals surface area (Å²) in [6.07, 6.45) is 1.48. The number of aromatic amines is 1. The first-order valence-electron chi connectivity index (χ1n) is 6.94. The van der Waals surface area contributed by atoms with Crippen molar-refractivity contribution in [3.05, 3.63) is 52.4 Å². The summed E-state index contributed by atoms with van der Waals surface area (Å²) in [6.45, 7) is 1.59. The number of hydrogen-bond acceptors (Lipinski definition) is 4. The number of amides is 1. The van der Waals surface area contributed by atoms with Gasteiger partial charge in [-0.2, -0.15) is 0 Å². The van der Waals surface area contributed by atoms with Gasteiger partial charge in [-0.3, -0.25) is 4.79 Å². The van der Waals surface area contributed by atoms with E-state index in [2.05, 4.69) is 15.0 Å². The van der Waals surface area contributed by atoms with Crippen LogP contribution in [0.15, 0.2) is 30.5 Å². The second kappa shape index (κ2) is 5.93. The van der Waals surface area contributed by atoms with E-state index in [-0.39, 0.29) is 22.8 Å². The predicted octanol–water partition coefficient (Wildman–Crippen LogP) is 2.92. The number of nitrogens with zero attached hydrogens (tertiary/aromatic N) is 2. The number of H-pyrrole nitrogens is 1. The molecule has 0 aliphatic heterocycles. The van der Waals surface area contributed by atoms with Crippen molar-refractivity contribution < 1.29 is 9.18 Å². The van der Waals surface area contributed by atoms with Crippen LogP contribution in [0.4, 0.5) is 10.3 Å². The molecule has 0 bridgehead atoms. The van der Waals surface area contributed by atoms with Crippen LogP contribution in [0.3, 0.4) is 0 Å². The van der Waals surface area contributed by atoms with Gasteiger partial charge in [-0.15, -0.1) is 0 Å². The lowest BCUT2D eigenvalue weighted by atomic mass is 10.0. The monoisotopic (exact) mass is 345 g/mol. The molecule has 0 aliphatic carbocycles. The van der Waals surface area contributed by atoms with Crippen molar-refractivity contribution in [2.24, 2.45) is 5.73 Å². The highest BCUT2D eigenvalue weighted by atomic mass is 35.5. The molecule has 1 aromatic carbocycles. The first-order valence-corrected chi connectivity index (χ1v) is 7.32. The molecule has 24 heavy (non-hydrogen) atoms. The molecule has 6 nitrogen and oxygen atoms in total. The highest BCUT2D eigenvalue weighted by Crippen LogP contribution is 2.33. The van der Waals surface area contributed by atoms with E-state index in [9.17, 15) is 9.18 Å². The smallest absolute Gasteiger partial charge is 0.250 e. The average Bonchev–Trinajstić information content (AvgIpc) is 2.96. The fourth-order valence-electron chi connectivity index (χ4n) is 2.43. The second-order valence-electron chi connectivity index (χ2n) is 5.22. The van der Waals surface area contributed by atoms with Crippen LogP contribution < -0.4 is 11.5 Å². The Hall–Kier alpha value is -2.93. The fourth-order valence-corrected chi connectivity index (χ4v) is 2.70. The molecule has 1 amide bonds. The Balaban J connectivity index is 2.24. The van der Waals surface area contributed by atoms with E-state index < -0.39 is 11.7 Å².